The Morgan fingerprint density at radius 2 is 1.71 bits per heavy atom. The number of hydrazine groups is 1. The number of hydrogen-bond donors (Lipinski definition) is 2. The Kier molecular flexibility index (Phi) is 9.79. The molecule has 0 aliphatic heterocycles. The first-order chi connectivity index (χ1) is 8.20. The highest BCUT2D eigenvalue weighted by Gasteiger charge is 2.35. The first-order valence-electron chi connectivity index (χ1n) is 7.30. The molecule has 0 aliphatic carbocycles. The fourth-order valence-electron chi connectivity index (χ4n) is 2.61. The lowest BCUT2D eigenvalue weighted by Gasteiger charge is -2.39. The minimum Gasteiger partial charge on any atom is -0.374 e. The van der Waals surface area contributed by atoms with Gasteiger partial charge < -0.3 is 4.74 Å². The summed E-state index contributed by atoms with van der Waals surface area (Å²) in [5, 5.41) is 0. The number of nitrogens with two attached hydrogens (primary N) is 1. The first kappa shape index (κ1) is 16.9. The van der Waals surface area contributed by atoms with Gasteiger partial charge in [-0.2, -0.15) is 0 Å². The summed E-state index contributed by atoms with van der Waals surface area (Å²) in [6, 6.07) is 0.273. The van der Waals surface area contributed by atoms with Crippen LogP contribution in [0.3, 0.4) is 0 Å². The van der Waals surface area contributed by atoms with Crippen LogP contribution in [-0.4, -0.2) is 18.2 Å². The summed E-state index contributed by atoms with van der Waals surface area (Å²) >= 11 is 0. The first-order valence-corrected chi connectivity index (χ1v) is 7.30. The van der Waals surface area contributed by atoms with Gasteiger partial charge in [0.15, 0.2) is 0 Å². The molecular formula is C14H32N2O. The minimum atomic E-state index is -0.0876. The average molecular weight is 244 g/mol. The molecule has 1 atom stereocenters. The second-order valence-corrected chi connectivity index (χ2v) is 4.77. The highest BCUT2D eigenvalue weighted by atomic mass is 16.5. The standard InChI is InChI=1S/C14H32N2O/c1-5-9-10-11-12-13(16-15)14(6-2,7-3)17-8-4/h13,16H,5-12,15H2,1-4H3. The summed E-state index contributed by atoms with van der Waals surface area (Å²) in [6.07, 6.45) is 8.26. The molecule has 0 saturated heterocycles. The third-order valence-corrected chi connectivity index (χ3v) is 3.81. The van der Waals surface area contributed by atoms with Gasteiger partial charge in [0.2, 0.25) is 0 Å². The summed E-state index contributed by atoms with van der Waals surface area (Å²) in [5.74, 6) is 5.73. The molecule has 0 bridgehead atoms. The molecule has 0 saturated carbocycles. The highest BCUT2D eigenvalue weighted by Crippen LogP contribution is 2.27. The summed E-state index contributed by atoms with van der Waals surface area (Å²) in [7, 11) is 0. The van der Waals surface area contributed by atoms with Crippen molar-refractivity contribution in [3.05, 3.63) is 0 Å². The predicted molar refractivity (Wildman–Crippen MR) is 74.8 cm³/mol. The van der Waals surface area contributed by atoms with Crippen molar-refractivity contribution in [3.8, 4) is 0 Å². The van der Waals surface area contributed by atoms with Crippen LogP contribution in [-0.2, 0) is 4.74 Å². The minimum absolute atomic E-state index is 0.0876. The van der Waals surface area contributed by atoms with Gasteiger partial charge in [0.1, 0.15) is 0 Å². The quantitative estimate of drug-likeness (QED) is 0.333. The van der Waals surface area contributed by atoms with Crippen molar-refractivity contribution < 1.29 is 4.74 Å². The number of ether oxygens (including phenoxy) is 1. The molecule has 0 aromatic rings. The zero-order valence-electron chi connectivity index (χ0n) is 12.2. The van der Waals surface area contributed by atoms with E-state index < -0.39 is 0 Å². The monoisotopic (exact) mass is 244 g/mol. The van der Waals surface area contributed by atoms with Crippen molar-refractivity contribution in [2.24, 2.45) is 5.84 Å². The van der Waals surface area contributed by atoms with Crippen LogP contribution in [0.1, 0.15) is 72.6 Å². The maximum absolute atomic E-state index is 6.00. The van der Waals surface area contributed by atoms with E-state index in [9.17, 15) is 0 Å². The molecule has 3 N–H and O–H groups in total. The van der Waals surface area contributed by atoms with Crippen LogP contribution >= 0.6 is 0 Å². The van der Waals surface area contributed by atoms with Gasteiger partial charge in [0.05, 0.1) is 11.6 Å². The van der Waals surface area contributed by atoms with Crippen molar-refractivity contribution in [2.75, 3.05) is 6.61 Å². The third-order valence-electron chi connectivity index (χ3n) is 3.81. The van der Waals surface area contributed by atoms with Gasteiger partial charge in [-0.3, -0.25) is 11.3 Å². The fraction of sp³-hybridized carbons (Fsp3) is 1.00. The largest absolute Gasteiger partial charge is 0.374 e. The Morgan fingerprint density at radius 1 is 1.06 bits per heavy atom. The number of unbranched alkanes of at least 4 members (excludes halogenated alkanes) is 3. The van der Waals surface area contributed by atoms with Gasteiger partial charge in [-0.05, 0) is 26.2 Å². The lowest BCUT2D eigenvalue weighted by atomic mass is 9.85. The van der Waals surface area contributed by atoms with Crippen molar-refractivity contribution in [1.29, 1.82) is 0 Å². The molecule has 17 heavy (non-hydrogen) atoms. The van der Waals surface area contributed by atoms with Crippen LogP contribution in [0, 0.1) is 0 Å². The molecule has 0 spiro atoms. The van der Waals surface area contributed by atoms with Crippen LogP contribution in [0.4, 0.5) is 0 Å². The van der Waals surface area contributed by atoms with E-state index >= 15 is 0 Å². The van der Waals surface area contributed by atoms with Crippen LogP contribution < -0.4 is 11.3 Å². The highest BCUT2D eigenvalue weighted by molar-refractivity contribution is 4.90. The van der Waals surface area contributed by atoms with E-state index in [2.05, 4.69) is 33.1 Å². The van der Waals surface area contributed by atoms with Gasteiger partial charge in [-0.15, -0.1) is 0 Å². The van der Waals surface area contributed by atoms with Crippen molar-refractivity contribution in [2.45, 2.75) is 84.3 Å². The third kappa shape index (κ3) is 5.36. The van der Waals surface area contributed by atoms with Gasteiger partial charge in [0, 0.05) is 6.61 Å². The Labute approximate surface area is 107 Å². The zero-order chi connectivity index (χ0) is 13.1. The number of rotatable bonds is 11. The lowest BCUT2D eigenvalue weighted by molar-refractivity contribution is -0.0742. The smallest absolute Gasteiger partial charge is 0.0842 e. The average Bonchev–Trinajstić information content (AvgIpc) is 2.37. The molecule has 0 heterocycles. The summed E-state index contributed by atoms with van der Waals surface area (Å²) in [5.41, 5.74) is 2.89. The van der Waals surface area contributed by atoms with Crippen molar-refractivity contribution in [1.82, 2.24) is 5.43 Å². The Hall–Kier alpha value is -0.120. The fourth-order valence-corrected chi connectivity index (χ4v) is 2.61. The molecule has 104 valence electrons. The molecule has 0 radical (unpaired) electrons. The Balaban J connectivity index is 4.34. The van der Waals surface area contributed by atoms with Gasteiger partial charge in [-0.1, -0.05) is 46.5 Å². The topological polar surface area (TPSA) is 47.3 Å². The normalized spacial score (nSPS) is 13.9. The van der Waals surface area contributed by atoms with Gasteiger partial charge in [0.25, 0.3) is 0 Å². The molecule has 0 aliphatic rings. The SMILES string of the molecule is CCCCCCC(NN)C(CC)(CC)OCC. The van der Waals surface area contributed by atoms with E-state index in [-0.39, 0.29) is 11.6 Å². The van der Waals surface area contributed by atoms with E-state index in [0.29, 0.717) is 0 Å². The molecule has 3 nitrogen and oxygen atoms in total. The van der Waals surface area contributed by atoms with Crippen LogP contribution in [0.5, 0.6) is 0 Å². The van der Waals surface area contributed by atoms with E-state index in [1.807, 2.05) is 0 Å². The molecule has 0 amide bonds. The van der Waals surface area contributed by atoms with Crippen molar-refractivity contribution in [3.63, 3.8) is 0 Å². The van der Waals surface area contributed by atoms with E-state index in [0.717, 1.165) is 25.9 Å². The van der Waals surface area contributed by atoms with E-state index in [1.165, 1.54) is 25.7 Å². The predicted octanol–water partition coefficient (Wildman–Crippen LogP) is 3.38. The van der Waals surface area contributed by atoms with Gasteiger partial charge in [-0.25, -0.2) is 0 Å². The Morgan fingerprint density at radius 3 is 2.12 bits per heavy atom. The zero-order valence-corrected chi connectivity index (χ0v) is 12.2. The van der Waals surface area contributed by atoms with Gasteiger partial charge >= 0.3 is 0 Å². The number of nitrogens with one attached hydrogen (secondary N) is 1. The summed E-state index contributed by atoms with van der Waals surface area (Å²) < 4.78 is 6.00. The second-order valence-electron chi connectivity index (χ2n) is 4.77. The summed E-state index contributed by atoms with van der Waals surface area (Å²) in [6.45, 7) is 9.44. The molecule has 1 unspecified atom stereocenters. The lowest BCUT2D eigenvalue weighted by Crippen LogP contribution is -2.54. The van der Waals surface area contributed by atoms with Crippen LogP contribution in [0.15, 0.2) is 0 Å². The van der Waals surface area contributed by atoms with Crippen LogP contribution in [0.2, 0.25) is 0 Å². The molecule has 0 aromatic carbocycles. The molecule has 3 heteroatoms. The molecule has 0 rings (SSSR count). The van der Waals surface area contributed by atoms with Crippen molar-refractivity contribution >= 4 is 0 Å². The second kappa shape index (κ2) is 9.86. The Bertz CT molecular complexity index is 170. The molecule has 0 aromatic heterocycles. The number of hydrogen-bond acceptors (Lipinski definition) is 3. The van der Waals surface area contributed by atoms with E-state index in [4.69, 9.17) is 10.6 Å². The maximum Gasteiger partial charge on any atom is 0.0842 e. The molecule has 0 fully saturated rings. The molecular weight excluding hydrogens is 212 g/mol. The van der Waals surface area contributed by atoms with E-state index in [1.54, 1.807) is 0 Å². The summed E-state index contributed by atoms with van der Waals surface area (Å²) in [4.78, 5) is 0. The maximum atomic E-state index is 6.00. The van der Waals surface area contributed by atoms with Crippen LogP contribution in [0.25, 0.3) is 0 Å².